The molecule has 0 fully saturated rings. The molecule has 1 radical (unpaired) electrons. The van der Waals surface area contributed by atoms with Crippen molar-refractivity contribution in [3.05, 3.63) is 85.1 Å². The molecule has 0 N–H and O–H groups in total. The topological polar surface area (TPSA) is 6.25 Å². The van der Waals surface area contributed by atoms with Gasteiger partial charge in [-0.2, -0.15) is 66.4 Å². The molecular weight excluding hydrogens is 617 g/mol. The number of para-hydroxylation sites is 2. The van der Waals surface area contributed by atoms with Gasteiger partial charge in [0, 0.05) is 5.54 Å². The Bertz CT molecular complexity index is 798. The predicted molar refractivity (Wildman–Crippen MR) is 114 cm³/mol. The number of anilines is 1. The third-order valence-electron chi connectivity index (χ3n) is 3.81. The van der Waals surface area contributed by atoms with E-state index in [9.17, 15) is 0 Å². The molecule has 2 nitrogen and oxygen atoms in total. The van der Waals surface area contributed by atoms with Crippen molar-refractivity contribution in [2.75, 3.05) is 4.90 Å². The SMILES string of the molecule is CC(C)(C)N([C-]=C/C=C/[C-]=[N+](c1[c-]cccc1)C(C)(C)C)c1[c-]cccc1.[U+2].[V+2]. The quantitative estimate of drug-likeness (QED) is 0.130. The van der Waals surface area contributed by atoms with Gasteiger partial charge in [0.1, 0.15) is 11.8 Å². The minimum atomic E-state index is -0.0912. The molecule has 0 saturated carbocycles. The van der Waals surface area contributed by atoms with Crippen molar-refractivity contribution in [2.24, 2.45) is 0 Å². The maximum atomic E-state index is 3.35. The van der Waals surface area contributed by atoms with Crippen LogP contribution in [0, 0.1) is 49.4 Å². The Hall–Kier alpha value is -0.974. The van der Waals surface area contributed by atoms with Gasteiger partial charge in [-0.15, -0.1) is 12.3 Å². The van der Waals surface area contributed by atoms with E-state index in [1.165, 1.54) is 0 Å². The fourth-order valence-corrected chi connectivity index (χ4v) is 2.58. The van der Waals surface area contributed by atoms with Crippen molar-refractivity contribution in [2.45, 2.75) is 52.6 Å². The van der Waals surface area contributed by atoms with Crippen molar-refractivity contribution >= 4 is 17.6 Å². The summed E-state index contributed by atoms with van der Waals surface area (Å²) < 4.78 is 2.09. The number of nitrogens with zero attached hydrogens (tertiary/aromatic N) is 2. The van der Waals surface area contributed by atoms with E-state index in [1.54, 1.807) is 0 Å². The zero-order valence-corrected chi connectivity index (χ0v) is 23.8. The summed E-state index contributed by atoms with van der Waals surface area (Å²) in [6.45, 7) is 12.9. The molecule has 0 atom stereocenters. The summed E-state index contributed by atoms with van der Waals surface area (Å²) in [5, 5.41) is 0. The van der Waals surface area contributed by atoms with Gasteiger partial charge in [-0.3, -0.25) is 0 Å². The van der Waals surface area contributed by atoms with Crippen LogP contribution in [0.2, 0.25) is 0 Å². The van der Waals surface area contributed by atoms with Crippen LogP contribution in [0.25, 0.3) is 0 Å². The van der Waals surface area contributed by atoms with Gasteiger partial charge in [-0.1, -0.05) is 0 Å². The minimum Gasteiger partial charge on any atom is -0.472 e. The molecule has 147 valence electrons. The molecule has 0 amide bonds. The standard InChI is InChI=1S/C25H29N2.U.V/c1-24(2,3)26(22-16-10-7-11-17-22)20-14-9-15-21-27(25(4,5)6)23-18-12-8-13-19-23;;/h7-16,18H,1-6H3;;/q-3;2*+2/b14-9+;;. The molecule has 0 saturated heterocycles. The zero-order chi connectivity index (χ0) is 19.9. The summed E-state index contributed by atoms with van der Waals surface area (Å²) in [6, 6.07) is 22.4. The number of rotatable bonds is 5. The Morgan fingerprint density at radius 3 is 2.03 bits per heavy atom. The molecule has 2 aromatic rings. The van der Waals surface area contributed by atoms with E-state index in [1.807, 2.05) is 66.8 Å². The van der Waals surface area contributed by atoms with Crippen molar-refractivity contribution in [3.8, 4) is 0 Å². The second kappa shape index (κ2) is 12.7. The van der Waals surface area contributed by atoms with Gasteiger partial charge in [-0.05, 0) is 47.2 Å². The fraction of sp³-hybridized carbons (Fsp3) is 0.320. The first kappa shape index (κ1) is 28.0. The maximum absolute atomic E-state index is 3.35. The molecule has 0 aliphatic carbocycles. The molecule has 0 aliphatic heterocycles. The molecule has 0 aliphatic rings. The fourth-order valence-electron chi connectivity index (χ4n) is 2.58. The van der Waals surface area contributed by atoms with E-state index < -0.39 is 0 Å². The number of benzene rings is 2. The molecule has 4 heteroatoms. The Balaban J connectivity index is 0.00000392. The van der Waals surface area contributed by atoms with Crippen LogP contribution in [-0.4, -0.2) is 21.9 Å². The Morgan fingerprint density at radius 1 is 0.931 bits per heavy atom. The first-order valence-corrected chi connectivity index (χ1v) is 9.24. The van der Waals surface area contributed by atoms with E-state index in [4.69, 9.17) is 0 Å². The van der Waals surface area contributed by atoms with Gasteiger partial charge in [0.15, 0.2) is 0 Å². The molecule has 2 aromatic carbocycles. The predicted octanol–water partition coefficient (Wildman–Crippen LogP) is 5.85. The molecular formula is C25H29N2UV+. The van der Waals surface area contributed by atoms with Gasteiger partial charge in [0.05, 0.1) is 0 Å². The van der Waals surface area contributed by atoms with Gasteiger partial charge in [0.25, 0.3) is 0 Å². The Kier molecular flexibility index (Phi) is 12.2. The maximum Gasteiger partial charge on any atom is 2.00 e. The minimum absolute atomic E-state index is 0. The van der Waals surface area contributed by atoms with Crippen molar-refractivity contribution in [1.29, 1.82) is 0 Å². The van der Waals surface area contributed by atoms with Crippen LogP contribution in [0.1, 0.15) is 41.5 Å². The van der Waals surface area contributed by atoms with Crippen LogP contribution < -0.4 is 4.90 Å². The van der Waals surface area contributed by atoms with Crippen molar-refractivity contribution < 1.29 is 54.2 Å². The van der Waals surface area contributed by atoms with E-state index in [0.29, 0.717) is 0 Å². The summed E-state index contributed by atoms with van der Waals surface area (Å²) in [5.41, 5.74) is 1.81. The monoisotopic (exact) mass is 646 g/mol. The third kappa shape index (κ3) is 9.14. The normalized spacial score (nSPS) is 12.6. The summed E-state index contributed by atoms with van der Waals surface area (Å²) >= 11 is 0. The van der Waals surface area contributed by atoms with Crippen molar-refractivity contribution in [1.82, 2.24) is 0 Å². The Labute approximate surface area is 213 Å². The zero-order valence-electron chi connectivity index (χ0n) is 18.2. The molecule has 29 heavy (non-hydrogen) atoms. The molecule has 0 aromatic heterocycles. The van der Waals surface area contributed by atoms with E-state index >= 15 is 0 Å². The van der Waals surface area contributed by atoms with Crippen molar-refractivity contribution in [3.63, 3.8) is 0 Å². The molecule has 0 bridgehead atoms. The van der Waals surface area contributed by atoms with Gasteiger partial charge in [0.2, 0.25) is 0 Å². The van der Waals surface area contributed by atoms with Crippen LogP contribution in [0.15, 0.2) is 66.8 Å². The van der Waals surface area contributed by atoms with E-state index in [-0.39, 0.29) is 60.7 Å². The largest absolute Gasteiger partial charge is 2.00 e. The van der Waals surface area contributed by atoms with Crippen LogP contribution in [0.3, 0.4) is 0 Å². The first-order valence-electron chi connectivity index (χ1n) is 9.24. The molecule has 0 spiro atoms. The van der Waals surface area contributed by atoms with Crippen LogP contribution in [-0.2, 0) is 18.6 Å². The van der Waals surface area contributed by atoms with E-state index in [2.05, 4.69) is 75.6 Å². The Morgan fingerprint density at radius 2 is 1.55 bits per heavy atom. The number of allylic oxidation sites excluding steroid dienone is 3. The number of hydrogen-bond acceptors (Lipinski definition) is 1. The van der Waals surface area contributed by atoms with Gasteiger partial charge in [-0.25, -0.2) is 12.1 Å². The van der Waals surface area contributed by atoms with Crippen LogP contribution in [0.4, 0.5) is 11.4 Å². The average Bonchev–Trinajstić information content (AvgIpc) is 2.60. The second-order valence-corrected chi connectivity index (χ2v) is 8.29. The first-order chi connectivity index (χ1) is 12.7. The second-order valence-electron chi connectivity index (χ2n) is 8.29. The van der Waals surface area contributed by atoms with E-state index in [0.717, 1.165) is 11.4 Å². The van der Waals surface area contributed by atoms with Crippen LogP contribution >= 0.6 is 0 Å². The third-order valence-corrected chi connectivity index (χ3v) is 3.81. The summed E-state index contributed by atoms with van der Waals surface area (Å²) in [4.78, 5) is 2.09. The number of hydrogen-bond donors (Lipinski definition) is 0. The summed E-state index contributed by atoms with van der Waals surface area (Å²) in [7, 11) is 0. The summed E-state index contributed by atoms with van der Waals surface area (Å²) in [5.74, 6) is 0. The van der Waals surface area contributed by atoms with Gasteiger partial charge < -0.3 is 9.48 Å². The van der Waals surface area contributed by atoms with Crippen LogP contribution in [0.5, 0.6) is 0 Å². The molecule has 0 unspecified atom stereocenters. The summed E-state index contributed by atoms with van der Waals surface area (Å²) in [6.07, 6.45) is 12.5. The molecule has 0 heterocycles. The van der Waals surface area contributed by atoms with Gasteiger partial charge >= 0.3 is 49.7 Å². The molecule has 2 rings (SSSR count). The smallest absolute Gasteiger partial charge is 0.472 e. The average molecular weight is 646 g/mol.